The zero-order chi connectivity index (χ0) is 10.8. The first kappa shape index (κ1) is 11.3. The predicted octanol–water partition coefficient (Wildman–Crippen LogP) is 2.49. The van der Waals surface area contributed by atoms with E-state index in [1.807, 2.05) is 6.34 Å². The maximum absolute atomic E-state index is 4.35. The van der Waals surface area contributed by atoms with Crippen molar-refractivity contribution in [1.82, 2.24) is 9.91 Å². The van der Waals surface area contributed by atoms with Gasteiger partial charge in [0.1, 0.15) is 12.5 Å². The van der Waals surface area contributed by atoms with Gasteiger partial charge < -0.3 is 4.90 Å². The first-order valence-electron chi connectivity index (χ1n) is 5.52. The van der Waals surface area contributed by atoms with Crippen LogP contribution in [0.15, 0.2) is 5.10 Å². The fraction of sp³-hybridized carbons (Fsp3) is 0.909. The van der Waals surface area contributed by atoms with Crippen molar-refractivity contribution >= 4 is 6.34 Å². The molecule has 1 aliphatic heterocycles. The molecule has 0 aromatic rings. The van der Waals surface area contributed by atoms with E-state index < -0.39 is 0 Å². The summed E-state index contributed by atoms with van der Waals surface area (Å²) in [6, 6.07) is 0. The Bertz CT molecular complexity index is 205. The lowest BCUT2D eigenvalue weighted by atomic mass is 10.0. The summed E-state index contributed by atoms with van der Waals surface area (Å²) in [7, 11) is 2.06. The van der Waals surface area contributed by atoms with Gasteiger partial charge in [0.25, 0.3) is 0 Å². The van der Waals surface area contributed by atoms with Crippen molar-refractivity contribution in [3.05, 3.63) is 0 Å². The second-order valence-corrected chi connectivity index (χ2v) is 5.01. The lowest BCUT2D eigenvalue weighted by Crippen LogP contribution is -2.48. The number of hydrogen-bond acceptors (Lipinski definition) is 3. The Morgan fingerprint density at radius 1 is 1.36 bits per heavy atom. The molecular weight excluding hydrogens is 174 g/mol. The molecule has 0 N–H and O–H groups in total. The average Bonchev–Trinajstić information content (AvgIpc) is 2.42. The molecule has 0 saturated heterocycles. The molecule has 0 fully saturated rings. The van der Waals surface area contributed by atoms with E-state index in [-0.39, 0.29) is 5.54 Å². The standard InChI is InChI=1S/C11H23N3/c1-6-7-8-10-13(5)12-9-14(10)11(2,3)4/h9-10H,6-8H2,1-5H3. The molecule has 0 saturated carbocycles. The van der Waals surface area contributed by atoms with Crippen LogP contribution in [0.25, 0.3) is 0 Å². The molecule has 1 unspecified atom stereocenters. The van der Waals surface area contributed by atoms with Crippen LogP contribution in [0, 0.1) is 0 Å². The minimum Gasteiger partial charge on any atom is -0.335 e. The average molecular weight is 197 g/mol. The summed E-state index contributed by atoms with van der Waals surface area (Å²) in [6.07, 6.45) is 6.15. The van der Waals surface area contributed by atoms with Crippen LogP contribution in [0.2, 0.25) is 0 Å². The fourth-order valence-corrected chi connectivity index (χ4v) is 1.80. The van der Waals surface area contributed by atoms with E-state index in [0.717, 1.165) is 0 Å². The SMILES string of the molecule is CCCCC1N(C)N=CN1C(C)(C)C. The van der Waals surface area contributed by atoms with Crippen molar-refractivity contribution in [2.24, 2.45) is 5.10 Å². The number of unbranched alkanes of at least 4 members (excludes halogenated alkanes) is 1. The predicted molar refractivity (Wildman–Crippen MR) is 61.2 cm³/mol. The van der Waals surface area contributed by atoms with Crippen molar-refractivity contribution in [3.63, 3.8) is 0 Å². The Balaban J connectivity index is 2.61. The molecule has 0 bridgehead atoms. The van der Waals surface area contributed by atoms with Crippen LogP contribution in [0.1, 0.15) is 47.0 Å². The highest BCUT2D eigenvalue weighted by Crippen LogP contribution is 2.24. The van der Waals surface area contributed by atoms with Crippen LogP contribution in [-0.4, -0.2) is 35.0 Å². The highest BCUT2D eigenvalue weighted by Gasteiger charge is 2.32. The Kier molecular flexibility index (Phi) is 3.40. The van der Waals surface area contributed by atoms with Gasteiger partial charge in [-0.2, -0.15) is 5.10 Å². The van der Waals surface area contributed by atoms with Gasteiger partial charge in [0.05, 0.1) is 0 Å². The first-order chi connectivity index (χ1) is 6.46. The van der Waals surface area contributed by atoms with E-state index in [9.17, 15) is 0 Å². The third-order valence-electron chi connectivity index (χ3n) is 2.70. The van der Waals surface area contributed by atoms with E-state index in [4.69, 9.17) is 0 Å². The highest BCUT2D eigenvalue weighted by molar-refractivity contribution is 5.58. The normalized spacial score (nSPS) is 22.2. The fourth-order valence-electron chi connectivity index (χ4n) is 1.80. The maximum Gasteiger partial charge on any atom is 0.119 e. The summed E-state index contributed by atoms with van der Waals surface area (Å²) in [5, 5.41) is 6.42. The highest BCUT2D eigenvalue weighted by atomic mass is 15.6. The van der Waals surface area contributed by atoms with Crippen LogP contribution >= 0.6 is 0 Å². The molecule has 0 amide bonds. The third-order valence-corrected chi connectivity index (χ3v) is 2.70. The van der Waals surface area contributed by atoms with Gasteiger partial charge in [-0.25, -0.2) is 0 Å². The van der Waals surface area contributed by atoms with Crippen LogP contribution in [0.5, 0.6) is 0 Å². The molecular formula is C11H23N3. The Morgan fingerprint density at radius 2 is 2.00 bits per heavy atom. The summed E-state index contributed by atoms with van der Waals surface area (Å²) < 4.78 is 0. The molecule has 14 heavy (non-hydrogen) atoms. The largest absolute Gasteiger partial charge is 0.335 e. The molecule has 0 aliphatic carbocycles. The molecule has 1 heterocycles. The Hall–Kier alpha value is -0.730. The minimum atomic E-state index is 0.173. The second-order valence-electron chi connectivity index (χ2n) is 5.01. The van der Waals surface area contributed by atoms with Crippen molar-refractivity contribution in [2.45, 2.75) is 58.7 Å². The third kappa shape index (κ3) is 2.40. The minimum absolute atomic E-state index is 0.173. The molecule has 0 radical (unpaired) electrons. The quantitative estimate of drug-likeness (QED) is 0.692. The van der Waals surface area contributed by atoms with Crippen molar-refractivity contribution in [3.8, 4) is 0 Å². The van der Waals surface area contributed by atoms with Crippen molar-refractivity contribution < 1.29 is 0 Å². The molecule has 0 aromatic carbocycles. The van der Waals surface area contributed by atoms with Crippen molar-refractivity contribution in [2.75, 3.05) is 7.05 Å². The number of hydrazone groups is 1. The smallest absolute Gasteiger partial charge is 0.119 e. The lowest BCUT2D eigenvalue weighted by molar-refractivity contribution is 0.0856. The van der Waals surface area contributed by atoms with Crippen LogP contribution < -0.4 is 0 Å². The topological polar surface area (TPSA) is 18.8 Å². The number of rotatable bonds is 3. The Morgan fingerprint density at radius 3 is 2.50 bits per heavy atom. The lowest BCUT2D eigenvalue weighted by Gasteiger charge is -2.38. The zero-order valence-electron chi connectivity index (χ0n) is 10.1. The van der Waals surface area contributed by atoms with Crippen LogP contribution in [0.4, 0.5) is 0 Å². The summed E-state index contributed by atoms with van der Waals surface area (Å²) in [6.45, 7) is 8.93. The van der Waals surface area contributed by atoms with Gasteiger partial charge in [-0.3, -0.25) is 5.01 Å². The Labute approximate surface area is 87.8 Å². The molecule has 1 rings (SSSR count). The summed E-state index contributed by atoms with van der Waals surface area (Å²) in [4.78, 5) is 2.35. The van der Waals surface area contributed by atoms with E-state index >= 15 is 0 Å². The van der Waals surface area contributed by atoms with Crippen molar-refractivity contribution in [1.29, 1.82) is 0 Å². The monoisotopic (exact) mass is 197 g/mol. The van der Waals surface area contributed by atoms with Gasteiger partial charge in [0, 0.05) is 12.6 Å². The molecule has 1 aliphatic rings. The summed E-state index contributed by atoms with van der Waals surface area (Å²) in [5.74, 6) is 0. The van der Waals surface area contributed by atoms with E-state index in [1.54, 1.807) is 0 Å². The number of hydrogen-bond donors (Lipinski definition) is 0. The first-order valence-corrected chi connectivity index (χ1v) is 5.52. The van der Waals surface area contributed by atoms with Gasteiger partial charge in [-0.05, 0) is 33.6 Å². The van der Waals surface area contributed by atoms with Crippen LogP contribution in [-0.2, 0) is 0 Å². The van der Waals surface area contributed by atoms with E-state index in [2.05, 4.69) is 49.8 Å². The zero-order valence-corrected chi connectivity index (χ0v) is 10.1. The van der Waals surface area contributed by atoms with E-state index in [0.29, 0.717) is 6.17 Å². The molecule has 3 nitrogen and oxygen atoms in total. The molecule has 0 spiro atoms. The molecule has 1 atom stereocenters. The molecule has 3 heteroatoms. The van der Waals surface area contributed by atoms with E-state index in [1.165, 1.54) is 19.3 Å². The molecule has 0 aromatic heterocycles. The molecule has 82 valence electrons. The summed E-state index contributed by atoms with van der Waals surface area (Å²) in [5.41, 5.74) is 0.173. The van der Waals surface area contributed by atoms with Gasteiger partial charge in [0.15, 0.2) is 0 Å². The van der Waals surface area contributed by atoms with Gasteiger partial charge >= 0.3 is 0 Å². The summed E-state index contributed by atoms with van der Waals surface area (Å²) >= 11 is 0. The second kappa shape index (κ2) is 4.20. The number of nitrogens with zero attached hydrogens (tertiary/aromatic N) is 3. The van der Waals surface area contributed by atoms with Gasteiger partial charge in [0.2, 0.25) is 0 Å². The van der Waals surface area contributed by atoms with Gasteiger partial charge in [-0.15, -0.1) is 0 Å². The van der Waals surface area contributed by atoms with Gasteiger partial charge in [-0.1, -0.05) is 13.3 Å². The van der Waals surface area contributed by atoms with Crippen LogP contribution in [0.3, 0.4) is 0 Å². The maximum atomic E-state index is 4.35.